The maximum Gasteiger partial charge on any atom is 0.0640 e. The van der Waals surface area contributed by atoms with Crippen LogP contribution in [0.5, 0.6) is 0 Å². The highest BCUT2D eigenvalue weighted by atomic mass is 32.1. The van der Waals surface area contributed by atoms with Crippen molar-refractivity contribution in [3.63, 3.8) is 0 Å². The molecule has 2 nitrogen and oxygen atoms in total. The van der Waals surface area contributed by atoms with Crippen molar-refractivity contribution < 1.29 is 0 Å². The first-order valence-electron chi connectivity index (χ1n) is 16.0. The third-order valence-electron chi connectivity index (χ3n) is 9.86. The Labute approximate surface area is 265 Å². The smallest absolute Gasteiger partial charge is 0.0640 e. The molecule has 3 heterocycles. The van der Waals surface area contributed by atoms with Crippen molar-refractivity contribution in [1.82, 2.24) is 9.13 Å². The highest BCUT2D eigenvalue weighted by molar-refractivity contribution is 7.26. The van der Waals surface area contributed by atoms with Gasteiger partial charge in [-0.3, -0.25) is 0 Å². The molecule has 3 heteroatoms. The van der Waals surface area contributed by atoms with Crippen LogP contribution in [0.4, 0.5) is 0 Å². The molecule has 0 unspecified atom stereocenters. The van der Waals surface area contributed by atoms with Crippen molar-refractivity contribution in [3.05, 3.63) is 133 Å². The summed E-state index contributed by atoms with van der Waals surface area (Å²) in [5.74, 6) is 0. The molecular weight excluding hydrogens is 565 g/mol. The number of nitrogens with zero attached hydrogens (tertiary/aromatic N) is 2. The summed E-state index contributed by atoms with van der Waals surface area (Å²) in [5, 5.41) is 7.89. The van der Waals surface area contributed by atoms with Gasteiger partial charge in [0.15, 0.2) is 0 Å². The Bertz CT molecular complexity index is 2660. The molecule has 0 spiro atoms. The first-order valence-corrected chi connectivity index (χ1v) is 16.8. The molecule has 0 atom stereocenters. The van der Waals surface area contributed by atoms with Crippen LogP contribution < -0.4 is 0 Å². The molecule has 6 aromatic carbocycles. The van der Waals surface area contributed by atoms with Gasteiger partial charge in [-0.15, -0.1) is 11.3 Å². The van der Waals surface area contributed by atoms with Gasteiger partial charge in [0.05, 0.1) is 32.5 Å². The second kappa shape index (κ2) is 9.69. The van der Waals surface area contributed by atoms with E-state index in [4.69, 9.17) is 0 Å². The number of rotatable bonds is 3. The summed E-state index contributed by atoms with van der Waals surface area (Å²) >= 11 is 1.89. The molecule has 0 amide bonds. The molecule has 45 heavy (non-hydrogen) atoms. The zero-order valence-corrected chi connectivity index (χ0v) is 25.6. The van der Waals surface area contributed by atoms with Crippen LogP contribution in [-0.4, -0.2) is 9.13 Å². The van der Waals surface area contributed by atoms with Crippen LogP contribution in [-0.2, 0) is 0 Å². The summed E-state index contributed by atoms with van der Waals surface area (Å²) in [6, 6.07) is 47.4. The zero-order chi connectivity index (χ0) is 29.5. The highest BCUT2D eigenvalue weighted by Gasteiger charge is 2.19. The monoisotopic (exact) mass is 594 g/mol. The van der Waals surface area contributed by atoms with Gasteiger partial charge in [-0.2, -0.15) is 0 Å². The Balaban J connectivity index is 1.19. The minimum atomic E-state index is 1.14. The average molecular weight is 595 g/mol. The maximum atomic E-state index is 2.51. The lowest BCUT2D eigenvalue weighted by atomic mass is 10.0. The molecular formula is C42H30N2S. The molecule has 0 saturated heterocycles. The van der Waals surface area contributed by atoms with Crippen LogP contribution in [0.15, 0.2) is 133 Å². The second-order valence-electron chi connectivity index (χ2n) is 12.4. The van der Waals surface area contributed by atoms with E-state index in [1.807, 2.05) is 11.3 Å². The molecule has 0 aliphatic heterocycles. The number of hydrogen-bond acceptors (Lipinski definition) is 1. The van der Waals surface area contributed by atoms with Gasteiger partial charge >= 0.3 is 0 Å². The third kappa shape index (κ3) is 3.68. The van der Waals surface area contributed by atoms with E-state index < -0.39 is 0 Å². The van der Waals surface area contributed by atoms with E-state index in [9.17, 15) is 0 Å². The largest absolute Gasteiger partial charge is 0.313 e. The Hall–Kier alpha value is -5.12. The van der Waals surface area contributed by atoms with Gasteiger partial charge in [-0.25, -0.2) is 0 Å². The van der Waals surface area contributed by atoms with Crippen LogP contribution in [0.1, 0.15) is 25.7 Å². The molecule has 10 rings (SSSR count). The van der Waals surface area contributed by atoms with Crippen LogP contribution in [0.2, 0.25) is 0 Å². The summed E-state index contributed by atoms with van der Waals surface area (Å²) in [4.78, 5) is 0. The fraction of sp³-hybridized carbons (Fsp3) is 0.0952. The molecule has 0 saturated carbocycles. The van der Waals surface area contributed by atoms with Gasteiger partial charge in [0.25, 0.3) is 0 Å². The van der Waals surface area contributed by atoms with Crippen molar-refractivity contribution >= 4 is 80.8 Å². The number of hydrogen-bond donors (Lipinski definition) is 0. The Morgan fingerprint density at radius 2 is 1.07 bits per heavy atom. The molecule has 1 aliphatic rings. The second-order valence-corrected chi connectivity index (χ2v) is 13.4. The van der Waals surface area contributed by atoms with Crippen molar-refractivity contribution in [2.75, 3.05) is 0 Å². The molecule has 9 aromatic rings. The number of allylic oxidation sites excluding steroid dienone is 2. The number of benzene rings is 6. The van der Waals surface area contributed by atoms with Gasteiger partial charge in [-0.05, 0) is 85.3 Å². The first-order chi connectivity index (χ1) is 22.3. The van der Waals surface area contributed by atoms with Crippen LogP contribution in [0, 0.1) is 0 Å². The van der Waals surface area contributed by atoms with E-state index in [1.165, 1.54) is 106 Å². The lowest BCUT2D eigenvalue weighted by Gasteiger charge is -2.16. The molecule has 3 aromatic heterocycles. The fourth-order valence-electron chi connectivity index (χ4n) is 7.81. The van der Waals surface area contributed by atoms with E-state index in [0.717, 1.165) is 6.42 Å². The normalized spacial score (nSPS) is 14.0. The van der Waals surface area contributed by atoms with Gasteiger partial charge in [0, 0.05) is 42.7 Å². The van der Waals surface area contributed by atoms with E-state index in [2.05, 4.69) is 143 Å². The van der Waals surface area contributed by atoms with Crippen molar-refractivity contribution in [2.24, 2.45) is 0 Å². The van der Waals surface area contributed by atoms with Gasteiger partial charge < -0.3 is 9.13 Å². The van der Waals surface area contributed by atoms with E-state index in [0.29, 0.717) is 0 Å². The van der Waals surface area contributed by atoms with Crippen molar-refractivity contribution in [3.8, 4) is 16.8 Å². The topological polar surface area (TPSA) is 9.86 Å². The summed E-state index contributed by atoms with van der Waals surface area (Å²) < 4.78 is 7.65. The van der Waals surface area contributed by atoms with Crippen LogP contribution >= 0.6 is 11.3 Å². The quantitative estimate of drug-likeness (QED) is 0.193. The van der Waals surface area contributed by atoms with Gasteiger partial charge in [0.2, 0.25) is 0 Å². The Kier molecular flexibility index (Phi) is 5.43. The van der Waals surface area contributed by atoms with Crippen LogP contribution in [0.3, 0.4) is 0 Å². The molecule has 0 radical (unpaired) electrons. The van der Waals surface area contributed by atoms with Gasteiger partial charge in [0.1, 0.15) is 0 Å². The SMILES string of the molecule is C1=C(n2c3ccccc3c3cc(-c4ccc5c(c4)c4ccccc4n5-c4cccc5c4sc4ccccc45)ccc32)CCCC1. The van der Waals surface area contributed by atoms with E-state index in [-0.39, 0.29) is 0 Å². The average Bonchev–Trinajstić information content (AvgIpc) is 3.76. The number of aromatic nitrogens is 2. The summed E-state index contributed by atoms with van der Waals surface area (Å²) in [7, 11) is 0. The minimum absolute atomic E-state index is 1.14. The number of para-hydroxylation sites is 2. The maximum absolute atomic E-state index is 2.51. The first kappa shape index (κ1) is 25.2. The summed E-state index contributed by atoms with van der Waals surface area (Å²) in [6.45, 7) is 0. The van der Waals surface area contributed by atoms with Crippen LogP contribution in [0.25, 0.3) is 86.3 Å². The number of thiophene rings is 1. The molecule has 0 N–H and O–H groups in total. The van der Waals surface area contributed by atoms with E-state index >= 15 is 0 Å². The summed E-state index contributed by atoms with van der Waals surface area (Å²) in [5.41, 5.74) is 10.3. The highest BCUT2D eigenvalue weighted by Crippen LogP contribution is 2.42. The molecule has 0 bridgehead atoms. The minimum Gasteiger partial charge on any atom is -0.313 e. The Morgan fingerprint density at radius 3 is 1.78 bits per heavy atom. The van der Waals surface area contributed by atoms with Crippen molar-refractivity contribution in [2.45, 2.75) is 25.7 Å². The standard InChI is InChI=1S/C42H30N2S/c1-2-11-29(12-3-1)43-36-17-7-4-13-30(36)34-25-27(21-23-38(34)43)28-22-24-39-35(26-28)31-14-5-8-18-37(31)44(39)40-19-10-16-33-32-15-6-9-20-41(32)45-42(33)40/h4-11,13-26H,1-3,12H2. The third-order valence-corrected chi connectivity index (χ3v) is 11.1. The predicted octanol–water partition coefficient (Wildman–Crippen LogP) is 12.3. The zero-order valence-electron chi connectivity index (χ0n) is 24.8. The predicted molar refractivity (Wildman–Crippen MR) is 195 cm³/mol. The molecule has 0 fully saturated rings. The molecule has 1 aliphatic carbocycles. The summed E-state index contributed by atoms with van der Waals surface area (Å²) in [6.07, 6.45) is 7.33. The number of fused-ring (bicyclic) bond motifs is 9. The van der Waals surface area contributed by atoms with Gasteiger partial charge in [-0.1, -0.05) is 84.9 Å². The Morgan fingerprint density at radius 1 is 0.467 bits per heavy atom. The fourth-order valence-corrected chi connectivity index (χ4v) is 9.01. The lowest BCUT2D eigenvalue weighted by Crippen LogP contribution is -2.00. The van der Waals surface area contributed by atoms with Crippen molar-refractivity contribution in [1.29, 1.82) is 0 Å². The van der Waals surface area contributed by atoms with E-state index in [1.54, 1.807) is 0 Å². The lowest BCUT2D eigenvalue weighted by molar-refractivity contribution is 0.724. The molecule has 214 valence electrons.